The van der Waals surface area contributed by atoms with Crippen molar-refractivity contribution >= 4 is 76.1 Å². The molecule has 0 aliphatic rings. The van der Waals surface area contributed by atoms with Gasteiger partial charge in [-0.3, -0.25) is 4.57 Å². The number of nitrogens with zero attached hydrogens (tertiary/aromatic N) is 4. The molecule has 3 heterocycles. The van der Waals surface area contributed by atoms with Crippen LogP contribution in [0.15, 0.2) is 194 Å². The van der Waals surface area contributed by atoms with Gasteiger partial charge in [0.15, 0.2) is 5.82 Å². The molecule has 0 saturated heterocycles. The first-order chi connectivity index (χ1) is 29.9. The van der Waals surface area contributed by atoms with Crippen LogP contribution in [-0.4, -0.2) is 19.1 Å². The van der Waals surface area contributed by atoms with Crippen molar-refractivity contribution in [1.29, 1.82) is 0 Å². The predicted molar refractivity (Wildman–Crippen MR) is 234 cm³/mol. The largest absolute Gasteiger partial charge is 0.309 e. The summed E-state index contributed by atoms with van der Waals surface area (Å²) in [5.74, 6) is 1.23. The van der Waals surface area contributed by atoms with E-state index < -0.39 is 6.04 Å². The Bertz CT molecular complexity index is 3810. The summed E-state index contributed by atoms with van der Waals surface area (Å²) in [6.45, 7) is 0. The van der Waals surface area contributed by atoms with Crippen LogP contribution in [0.1, 0.15) is 6.85 Å². The third-order valence-electron chi connectivity index (χ3n) is 11.2. The highest BCUT2D eigenvalue weighted by Crippen LogP contribution is 2.42. The summed E-state index contributed by atoms with van der Waals surface area (Å²) in [4.78, 5) is 10.7. The van der Waals surface area contributed by atoms with E-state index in [0.717, 1.165) is 93.1 Å². The van der Waals surface area contributed by atoms with Crippen LogP contribution < -0.4 is 0 Å². The van der Waals surface area contributed by atoms with Gasteiger partial charge < -0.3 is 4.57 Å². The third kappa shape index (κ3) is 4.53. The second kappa shape index (κ2) is 12.0. The van der Waals surface area contributed by atoms with E-state index in [2.05, 4.69) is 102 Å². The standard InChI is InChI=1S/C52H32N4/c1-3-14-33(15-4-1)40-23-13-25-45-50(40)43-30-35-17-7-8-18-36(35)31-48(43)56(45)52-41-22-11-12-24-44(41)53-51(54-52)37-26-28-42-47(32-37)55(38-19-5-2-6-20-38)46-29-27-34-16-9-10-21-39(34)49(42)46/h1-32H/i2D,5D,6D,19D,20D. The van der Waals surface area contributed by atoms with Crippen molar-refractivity contribution in [1.82, 2.24) is 19.1 Å². The maximum absolute atomic E-state index is 9.07. The maximum Gasteiger partial charge on any atom is 0.162 e. The van der Waals surface area contributed by atoms with E-state index in [-0.39, 0.29) is 29.9 Å². The number of rotatable bonds is 4. The molecule has 12 rings (SSSR count). The van der Waals surface area contributed by atoms with Crippen LogP contribution in [0, 0.1) is 0 Å². The molecule has 0 amide bonds. The molecule has 0 bridgehead atoms. The summed E-state index contributed by atoms with van der Waals surface area (Å²) in [5, 5.41) is 9.27. The molecule has 0 fully saturated rings. The Kier molecular flexibility index (Phi) is 5.61. The van der Waals surface area contributed by atoms with Crippen molar-refractivity contribution in [2.75, 3.05) is 0 Å². The Morgan fingerprint density at radius 2 is 1.12 bits per heavy atom. The lowest BCUT2D eigenvalue weighted by Crippen LogP contribution is -2.03. The number of benzene rings is 9. The average Bonchev–Trinajstić information content (AvgIpc) is 3.81. The molecule has 260 valence electrons. The highest BCUT2D eigenvalue weighted by atomic mass is 15.1. The van der Waals surface area contributed by atoms with Gasteiger partial charge in [-0.15, -0.1) is 0 Å². The zero-order valence-electron chi connectivity index (χ0n) is 34.9. The molecule has 0 saturated carbocycles. The molecule has 0 aliphatic heterocycles. The number of fused-ring (bicyclic) bond motifs is 10. The monoisotopic (exact) mass is 717 g/mol. The minimum atomic E-state index is -0.434. The molecule has 0 spiro atoms. The predicted octanol–water partition coefficient (Wildman–Crippen LogP) is 13.5. The summed E-state index contributed by atoms with van der Waals surface area (Å²) >= 11 is 0. The Balaban J connectivity index is 1.18. The molecule has 4 nitrogen and oxygen atoms in total. The highest BCUT2D eigenvalue weighted by Gasteiger charge is 2.22. The molecular weight excluding hydrogens is 681 g/mol. The van der Waals surface area contributed by atoms with Gasteiger partial charge in [0, 0.05) is 38.2 Å². The molecule has 0 N–H and O–H groups in total. The van der Waals surface area contributed by atoms with Crippen LogP contribution in [0.3, 0.4) is 0 Å². The molecule has 12 aromatic rings. The summed E-state index contributed by atoms with van der Waals surface area (Å²) in [6, 6.07) is 54.4. The summed E-state index contributed by atoms with van der Waals surface area (Å²) in [5.41, 5.74) is 7.29. The fourth-order valence-electron chi connectivity index (χ4n) is 8.72. The first-order valence-corrected chi connectivity index (χ1v) is 18.7. The van der Waals surface area contributed by atoms with E-state index in [1.165, 1.54) is 0 Å². The normalized spacial score (nSPS) is 13.2. The number of hydrogen-bond donors (Lipinski definition) is 0. The van der Waals surface area contributed by atoms with Crippen LogP contribution in [0.25, 0.3) is 110 Å². The van der Waals surface area contributed by atoms with Gasteiger partial charge in [0.25, 0.3) is 0 Å². The Labute approximate surface area is 329 Å². The molecule has 0 aliphatic carbocycles. The van der Waals surface area contributed by atoms with E-state index in [0.29, 0.717) is 11.3 Å². The van der Waals surface area contributed by atoms with Gasteiger partial charge in [0.1, 0.15) is 5.82 Å². The van der Waals surface area contributed by atoms with E-state index in [9.17, 15) is 0 Å². The van der Waals surface area contributed by atoms with Crippen molar-refractivity contribution in [3.8, 4) is 34.0 Å². The SMILES string of the molecule is [2H]c1c([2H])c([2H])c(-n2c3cc(-c4nc(-n5c6cc7ccccc7cc6c6c(-c7ccccc7)cccc65)c5ccccc5n4)ccc3c3c4ccccc4ccc32)c([2H])c1[2H]. The van der Waals surface area contributed by atoms with E-state index >= 15 is 0 Å². The summed E-state index contributed by atoms with van der Waals surface area (Å²) in [7, 11) is 0. The fourth-order valence-corrected chi connectivity index (χ4v) is 8.72. The number of hydrogen-bond acceptors (Lipinski definition) is 2. The van der Waals surface area contributed by atoms with Crippen LogP contribution in [-0.2, 0) is 0 Å². The Morgan fingerprint density at radius 3 is 1.98 bits per heavy atom. The zero-order chi connectivity index (χ0) is 41.1. The lowest BCUT2D eigenvalue weighted by Gasteiger charge is -2.13. The van der Waals surface area contributed by atoms with Crippen molar-refractivity contribution < 1.29 is 6.85 Å². The van der Waals surface area contributed by atoms with Crippen molar-refractivity contribution in [2.24, 2.45) is 0 Å². The molecule has 3 aromatic heterocycles. The van der Waals surface area contributed by atoms with Gasteiger partial charge in [-0.05, 0) is 87.2 Å². The van der Waals surface area contributed by atoms with E-state index in [1.54, 1.807) is 0 Å². The van der Waals surface area contributed by atoms with Crippen molar-refractivity contribution in [3.63, 3.8) is 0 Å². The second-order valence-corrected chi connectivity index (χ2v) is 14.2. The summed E-state index contributed by atoms with van der Waals surface area (Å²) in [6.07, 6.45) is 0. The first-order valence-electron chi connectivity index (χ1n) is 21.2. The molecule has 9 aromatic carbocycles. The van der Waals surface area contributed by atoms with Gasteiger partial charge in [-0.2, -0.15) is 0 Å². The lowest BCUT2D eigenvalue weighted by atomic mass is 9.98. The number of aromatic nitrogens is 4. The quantitative estimate of drug-likeness (QED) is 0.182. The van der Waals surface area contributed by atoms with Gasteiger partial charge in [0.2, 0.25) is 0 Å². The molecule has 56 heavy (non-hydrogen) atoms. The van der Waals surface area contributed by atoms with Gasteiger partial charge >= 0.3 is 0 Å². The van der Waals surface area contributed by atoms with Crippen LogP contribution in [0.4, 0.5) is 0 Å². The maximum atomic E-state index is 9.07. The first kappa shape index (κ1) is 26.3. The van der Waals surface area contributed by atoms with Crippen LogP contribution in [0.2, 0.25) is 0 Å². The van der Waals surface area contributed by atoms with Crippen LogP contribution >= 0.6 is 0 Å². The smallest absolute Gasteiger partial charge is 0.162 e. The lowest BCUT2D eigenvalue weighted by molar-refractivity contribution is 1.08. The van der Waals surface area contributed by atoms with Crippen LogP contribution in [0.5, 0.6) is 0 Å². The Hall–Kier alpha value is -7.56. The molecule has 4 heteroatoms. The second-order valence-electron chi connectivity index (χ2n) is 14.2. The van der Waals surface area contributed by atoms with E-state index in [1.807, 2.05) is 71.3 Å². The fraction of sp³-hybridized carbons (Fsp3) is 0. The number of para-hydroxylation sites is 2. The van der Waals surface area contributed by atoms with Gasteiger partial charge in [-0.25, -0.2) is 9.97 Å². The average molecular weight is 718 g/mol. The van der Waals surface area contributed by atoms with E-state index in [4.69, 9.17) is 16.8 Å². The topological polar surface area (TPSA) is 35.6 Å². The third-order valence-corrected chi connectivity index (χ3v) is 11.2. The minimum Gasteiger partial charge on any atom is -0.309 e. The Morgan fingerprint density at radius 1 is 0.411 bits per heavy atom. The minimum absolute atomic E-state index is 0.0882. The van der Waals surface area contributed by atoms with Crippen molar-refractivity contribution in [2.45, 2.75) is 0 Å². The zero-order valence-corrected chi connectivity index (χ0v) is 29.9. The van der Waals surface area contributed by atoms with Gasteiger partial charge in [-0.1, -0.05) is 139 Å². The van der Waals surface area contributed by atoms with Crippen molar-refractivity contribution in [3.05, 3.63) is 194 Å². The molecule has 0 radical (unpaired) electrons. The highest BCUT2D eigenvalue weighted by molar-refractivity contribution is 6.22. The molecule has 0 atom stereocenters. The summed E-state index contributed by atoms with van der Waals surface area (Å²) < 4.78 is 47.8. The van der Waals surface area contributed by atoms with Gasteiger partial charge in [0.05, 0.1) is 34.4 Å². The molecule has 0 unspecified atom stereocenters. The molecular formula is C52H32N4.